The Morgan fingerprint density at radius 2 is 1.93 bits per heavy atom. The van der Waals surface area contributed by atoms with E-state index < -0.39 is 0 Å². The first-order chi connectivity index (χ1) is 14.6. The van der Waals surface area contributed by atoms with Crippen molar-refractivity contribution in [2.75, 3.05) is 44.8 Å². The number of nitrogens with zero attached hydrogens (tertiary/aromatic N) is 4. The van der Waals surface area contributed by atoms with Crippen LogP contribution in [-0.2, 0) is 11.3 Å². The molecule has 1 aliphatic rings. The number of anilines is 1. The number of amides is 1. The molecule has 1 amide bonds. The summed E-state index contributed by atoms with van der Waals surface area (Å²) in [5, 5.41) is 0.570. The zero-order valence-corrected chi connectivity index (χ0v) is 16.7. The maximum atomic E-state index is 12.6. The van der Waals surface area contributed by atoms with Gasteiger partial charge in [-0.15, -0.1) is 0 Å². The zero-order valence-electron chi connectivity index (χ0n) is 16.7. The molecule has 3 aromatic rings. The molecule has 0 radical (unpaired) electrons. The first kappa shape index (κ1) is 19.8. The lowest BCUT2D eigenvalue weighted by atomic mass is 10.1. The van der Waals surface area contributed by atoms with Crippen molar-refractivity contribution in [3.05, 3.63) is 69.1 Å². The summed E-state index contributed by atoms with van der Waals surface area (Å²) in [4.78, 5) is 47.5. The summed E-state index contributed by atoms with van der Waals surface area (Å²) in [6.07, 6.45) is 3.03. The molecule has 0 saturated carbocycles. The van der Waals surface area contributed by atoms with Gasteiger partial charge in [0.2, 0.25) is 5.56 Å². The number of aromatic amines is 1. The van der Waals surface area contributed by atoms with Crippen LogP contribution in [0.25, 0.3) is 10.9 Å². The molecule has 4 rings (SSSR count). The molecule has 9 heteroatoms. The smallest absolute Gasteiger partial charge is 0.261 e. The average molecular weight is 409 g/mol. The van der Waals surface area contributed by atoms with Crippen molar-refractivity contribution >= 4 is 22.5 Å². The van der Waals surface area contributed by atoms with Crippen molar-refractivity contribution in [1.29, 1.82) is 0 Å². The van der Waals surface area contributed by atoms with Crippen LogP contribution in [0.3, 0.4) is 0 Å². The summed E-state index contributed by atoms with van der Waals surface area (Å²) >= 11 is 0. The Kier molecular flexibility index (Phi) is 5.62. The molecule has 1 N–H and O–H groups in total. The number of carbonyl (C=O) groups excluding carboxylic acids is 1. The van der Waals surface area contributed by atoms with Crippen molar-refractivity contribution in [2.45, 2.75) is 6.54 Å². The fraction of sp³-hybridized carbons (Fsp3) is 0.333. The van der Waals surface area contributed by atoms with E-state index in [4.69, 9.17) is 4.74 Å². The first-order valence-corrected chi connectivity index (χ1v) is 9.78. The average Bonchev–Trinajstić information content (AvgIpc) is 2.78. The third-order valence-electron chi connectivity index (χ3n) is 5.30. The molecule has 0 spiro atoms. The standard InChI is InChI=1S/C21H23N5O4/c1-30-11-10-26-14-23-18-13-16(2-3-17(18)21(26)29)24-6-8-25(9-7-24)20(28)15-4-5-22-19(27)12-15/h2-5,12-14H,6-11H2,1H3,(H,22,27). The minimum atomic E-state index is -0.288. The Morgan fingerprint density at radius 1 is 1.13 bits per heavy atom. The number of aromatic nitrogens is 3. The Labute approximate surface area is 172 Å². The van der Waals surface area contributed by atoms with E-state index in [9.17, 15) is 14.4 Å². The molecule has 0 bridgehead atoms. The number of hydrogen-bond acceptors (Lipinski definition) is 6. The van der Waals surface area contributed by atoms with E-state index in [-0.39, 0.29) is 17.0 Å². The topological polar surface area (TPSA) is 101 Å². The van der Waals surface area contributed by atoms with Crippen LogP contribution in [-0.4, -0.2) is 65.2 Å². The van der Waals surface area contributed by atoms with Crippen molar-refractivity contribution in [3.63, 3.8) is 0 Å². The van der Waals surface area contributed by atoms with Gasteiger partial charge in [-0.05, 0) is 24.3 Å². The quantitative estimate of drug-likeness (QED) is 0.666. The first-order valence-electron chi connectivity index (χ1n) is 9.78. The maximum Gasteiger partial charge on any atom is 0.261 e. The van der Waals surface area contributed by atoms with Crippen LogP contribution in [0.5, 0.6) is 0 Å². The summed E-state index contributed by atoms with van der Waals surface area (Å²) in [7, 11) is 1.60. The molecule has 0 aliphatic carbocycles. The van der Waals surface area contributed by atoms with Gasteiger partial charge in [-0.1, -0.05) is 0 Å². The molecule has 156 valence electrons. The van der Waals surface area contributed by atoms with Crippen molar-refractivity contribution in [3.8, 4) is 0 Å². The van der Waals surface area contributed by atoms with Gasteiger partial charge < -0.3 is 19.5 Å². The molecular formula is C21H23N5O4. The second-order valence-corrected chi connectivity index (χ2v) is 7.16. The van der Waals surface area contributed by atoms with Crippen LogP contribution in [0.15, 0.2) is 52.4 Å². The van der Waals surface area contributed by atoms with E-state index in [0.717, 1.165) is 5.69 Å². The van der Waals surface area contributed by atoms with Crippen LogP contribution in [0.2, 0.25) is 0 Å². The predicted molar refractivity (Wildman–Crippen MR) is 113 cm³/mol. The van der Waals surface area contributed by atoms with Gasteiger partial charge in [-0.2, -0.15) is 0 Å². The molecule has 1 aromatic carbocycles. The van der Waals surface area contributed by atoms with Crippen molar-refractivity contribution < 1.29 is 9.53 Å². The SMILES string of the molecule is COCCn1cnc2cc(N3CCN(C(=O)c4cc[nH]c(=O)c4)CC3)ccc2c1=O. The Hall–Kier alpha value is -3.46. The number of H-pyrrole nitrogens is 1. The minimum Gasteiger partial charge on any atom is -0.383 e. The monoisotopic (exact) mass is 409 g/mol. The van der Waals surface area contributed by atoms with Crippen LogP contribution in [0, 0.1) is 0 Å². The fourth-order valence-corrected chi connectivity index (χ4v) is 3.62. The lowest BCUT2D eigenvalue weighted by molar-refractivity contribution is 0.0746. The Morgan fingerprint density at radius 3 is 2.67 bits per heavy atom. The third-order valence-corrected chi connectivity index (χ3v) is 5.30. The van der Waals surface area contributed by atoms with Gasteiger partial charge in [0.1, 0.15) is 0 Å². The summed E-state index contributed by atoms with van der Waals surface area (Å²) in [6, 6.07) is 8.57. The number of piperazine rings is 1. The minimum absolute atomic E-state index is 0.0862. The van der Waals surface area contributed by atoms with E-state index in [0.29, 0.717) is 55.8 Å². The van der Waals surface area contributed by atoms with Crippen molar-refractivity contribution in [1.82, 2.24) is 19.4 Å². The molecular weight excluding hydrogens is 386 g/mol. The summed E-state index contributed by atoms with van der Waals surface area (Å²) in [6.45, 7) is 3.33. The van der Waals surface area contributed by atoms with E-state index in [1.807, 2.05) is 12.1 Å². The van der Waals surface area contributed by atoms with Gasteiger partial charge in [-0.3, -0.25) is 19.0 Å². The normalized spacial score (nSPS) is 14.3. The maximum absolute atomic E-state index is 12.6. The number of rotatable bonds is 5. The predicted octanol–water partition coefficient (Wildman–Crippen LogP) is 0.694. The van der Waals surface area contributed by atoms with E-state index in [1.165, 1.54) is 12.3 Å². The summed E-state index contributed by atoms with van der Waals surface area (Å²) in [5.41, 5.74) is 1.63. The van der Waals surface area contributed by atoms with Crippen LogP contribution < -0.4 is 16.0 Å². The van der Waals surface area contributed by atoms with E-state index >= 15 is 0 Å². The number of pyridine rings is 1. The third kappa shape index (κ3) is 3.97. The van der Waals surface area contributed by atoms with Gasteiger partial charge >= 0.3 is 0 Å². The lowest BCUT2D eigenvalue weighted by Crippen LogP contribution is -2.49. The Bertz CT molecular complexity index is 1180. The van der Waals surface area contributed by atoms with Gasteiger partial charge in [0.25, 0.3) is 11.5 Å². The molecule has 30 heavy (non-hydrogen) atoms. The van der Waals surface area contributed by atoms with Gasteiger partial charge in [0, 0.05) is 56.8 Å². The molecule has 1 fully saturated rings. The molecule has 1 aliphatic heterocycles. The lowest BCUT2D eigenvalue weighted by Gasteiger charge is -2.36. The van der Waals surface area contributed by atoms with Crippen LogP contribution in [0.1, 0.15) is 10.4 Å². The van der Waals surface area contributed by atoms with Crippen LogP contribution in [0.4, 0.5) is 5.69 Å². The second kappa shape index (κ2) is 8.50. The highest BCUT2D eigenvalue weighted by Gasteiger charge is 2.23. The molecule has 0 unspecified atom stereocenters. The number of methoxy groups -OCH3 is 1. The van der Waals surface area contributed by atoms with Crippen molar-refractivity contribution in [2.24, 2.45) is 0 Å². The number of fused-ring (bicyclic) bond motifs is 1. The molecule has 9 nitrogen and oxygen atoms in total. The Balaban J connectivity index is 1.47. The number of hydrogen-bond donors (Lipinski definition) is 1. The van der Waals surface area contributed by atoms with Gasteiger partial charge in [0.05, 0.1) is 30.4 Å². The summed E-state index contributed by atoms with van der Waals surface area (Å²) < 4.78 is 6.58. The highest BCUT2D eigenvalue weighted by Crippen LogP contribution is 2.21. The highest BCUT2D eigenvalue weighted by atomic mass is 16.5. The number of benzene rings is 1. The fourth-order valence-electron chi connectivity index (χ4n) is 3.62. The van der Waals surface area contributed by atoms with Gasteiger partial charge in [0.15, 0.2) is 0 Å². The largest absolute Gasteiger partial charge is 0.383 e. The van der Waals surface area contributed by atoms with Gasteiger partial charge in [-0.25, -0.2) is 4.98 Å². The molecule has 3 heterocycles. The zero-order chi connectivity index (χ0) is 21.1. The number of ether oxygens (including phenoxy) is 1. The number of nitrogens with one attached hydrogen (secondary N) is 1. The molecule has 0 atom stereocenters. The highest BCUT2D eigenvalue weighted by molar-refractivity contribution is 5.94. The van der Waals surface area contributed by atoms with Crippen LogP contribution >= 0.6 is 0 Å². The molecule has 2 aromatic heterocycles. The van der Waals surface area contributed by atoms with E-state index in [1.54, 1.807) is 35.0 Å². The number of carbonyl (C=O) groups is 1. The second-order valence-electron chi connectivity index (χ2n) is 7.16. The summed E-state index contributed by atoms with van der Waals surface area (Å²) in [5.74, 6) is -0.141. The molecule has 1 saturated heterocycles. The van der Waals surface area contributed by atoms with E-state index in [2.05, 4.69) is 14.9 Å².